The monoisotopic (exact) mass is 575 g/mol. The van der Waals surface area contributed by atoms with Gasteiger partial charge in [-0.25, -0.2) is 4.98 Å². The normalized spacial score (nSPS) is 15.0. The van der Waals surface area contributed by atoms with Gasteiger partial charge in [-0.1, -0.05) is 43.0 Å². The third-order valence-corrected chi connectivity index (χ3v) is 8.41. The van der Waals surface area contributed by atoms with Crippen molar-refractivity contribution in [1.82, 2.24) is 10.3 Å². The number of carbonyl (C=O) groups excluding carboxylic acids is 2. The van der Waals surface area contributed by atoms with Crippen molar-refractivity contribution in [3.8, 4) is 0 Å². The van der Waals surface area contributed by atoms with E-state index in [0.717, 1.165) is 38.2 Å². The number of amides is 2. The van der Waals surface area contributed by atoms with Crippen LogP contribution in [0.2, 0.25) is 5.02 Å². The van der Waals surface area contributed by atoms with E-state index in [4.69, 9.17) is 11.6 Å². The Kier molecular flexibility index (Phi) is 9.56. The van der Waals surface area contributed by atoms with E-state index in [-0.39, 0.29) is 23.6 Å². The summed E-state index contributed by atoms with van der Waals surface area (Å²) in [6, 6.07) is 13.5. The molecule has 4 rings (SSSR count). The van der Waals surface area contributed by atoms with Crippen molar-refractivity contribution in [2.24, 2.45) is 0 Å². The minimum Gasteiger partial charge on any atom is -0.351 e. The highest BCUT2D eigenvalue weighted by Gasteiger charge is 2.31. The van der Waals surface area contributed by atoms with E-state index in [1.807, 2.05) is 0 Å². The molecule has 5 nitrogen and oxygen atoms in total. The number of pyridine rings is 1. The molecule has 2 amide bonds. The maximum absolute atomic E-state index is 13.4. The molecule has 2 aromatic carbocycles. The molecule has 0 saturated heterocycles. The van der Waals surface area contributed by atoms with Gasteiger partial charge >= 0.3 is 6.18 Å². The summed E-state index contributed by atoms with van der Waals surface area (Å²) in [6.07, 6.45) is 2.37. The highest BCUT2D eigenvalue weighted by Crippen LogP contribution is 2.39. The van der Waals surface area contributed by atoms with Crippen molar-refractivity contribution >= 4 is 41.0 Å². The molecule has 1 heterocycles. The fourth-order valence-corrected chi connectivity index (χ4v) is 5.90. The Balaban J connectivity index is 1.38. The second kappa shape index (κ2) is 12.9. The summed E-state index contributed by atoms with van der Waals surface area (Å²) >= 11 is 7.34. The molecule has 1 aliphatic rings. The second-order valence-corrected chi connectivity index (χ2v) is 11.4. The van der Waals surface area contributed by atoms with Crippen molar-refractivity contribution < 1.29 is 22.8 Å². The number of hydrogen-bond acceptors (Lipinski definition) is 4. The zero-order valence-corrected chi connectivity index (χ0v) is 22.9. The molecule has 1 aliphatic carbocycles. The topological polar surface area (TPSA) is 71.1 Å². The SMILES string of the molecule is CC(C(=O)NCc1ccc(C(F)(F)F)cc1SC1CCCCC1)c1ccc(NC(=O)c2ccc(Cl)cc2)nc1. The van der Waals surface area contributed by atoms with Crippen molar-refractivity contribution in [2.75, 3.05) is 5.32 Å². The lowest BCUT2D eigenvalue weighted by Crippen LogP contribution is -2.28. The number of anilines is 1. The molecule has 1 unspecified atom stereocenters. The lowest BCUT2D eigenvalue weighted by Gasteiger charge is -2.23. The van der Waals surface area contributed by atoms with Crippen molar-refractivity contribution in [1.29, 1.82) is 0 Å². The number of halogens is 4. The number of alkyl halides is 3. The van der Waals surface area contributed by atoms with Crippen LogP contribution in [0.3, 0.4) is 0 Å². The number of rotatable bonds is 8. The van der Waals surface area contributed by atoms with Crippen LogP contribution in [0.1, 0.15) is 72.0 Å². The molecular formula is C29H29ClF3N3O2S. The summed E-state index contributed by atoms with van der Waals surface area (Å²) in [6.45, 7) is 1.85. The van der Waals surface area contributed by atoms with Gasteiger partial charge in [0.05, 0.1) is 11.5 Å². The Morgan fingerprint density at radius 2 is 1.77 bits per heavy atom. The number of carbonyl (C=O) groups is 2. The maximum atomic E-state index is 13.4. The Morgan fingerprint density at radius 3 is 2.41 bits per heavy atom. The summed E-state index contributed by atoms with van der Waals surface area (Å²) in [4.78, 5) is 30.1. The fourth-order valence-electron chi connectivity index (χ4n) is 4.36. The molecule has 0 radical (unpaired) electrons. The van der Waals surface area contributed by atoms with Gasteiger partial charge in [0.25, 0.3) is 5.91 Å². The van der Waals surface area contributed by atoms with Crippen molar-refractivity contribution in [2.45, 2.75) is 67.8 Å². The first-order valence-corrected chi connectivity index (χ1v) is 14.0. The largest absolute Gasteiger partial charge is 0.416 e. The summed E-state index contributed by atoms with van der Waals surface area (Å²) in [5.41, 5.74) is 1.06. The molecule has 3 aromatic rings. The van der Waals surface area contributed by atoms with Gasteiger partial charge in [-0.2, -0.15) is 13.2 Å². The number of aromatic nitrogens is 1. The van der Waals surface area contributed by atoms with Gasteiger partial charge in [-0.05, 0) is 73.4 Å². The van der Waals surface area contributed by atoms with E-state index in [2.05, 4.69) is 15.6 Å². The molecule has 10 heteroatoms. The molecule has 1 fully saturated rings. The zero-order valence-electron chi connectivity index (χ0n) is 21.4. The van der Waals surface area contributed by atoms with Gasteiger partial charge < -0.3 is 10.6 Å². The quantitative estimate of drug-likeness (QED) is 0.287. The maximum Gasteiger partial charge on any atom is 0.416 e. The van der Waals surface area contributed by atoms with Gasteiger partial charge in [-0.3, -0.25) is 9.59 Å². The molecular weight excluding hydrogens is 547 g/mol. The molecule has 39 heavy (non-hydrogen) atoms. The first-order valence-electron chi connectivity index (χ1n) is 12.8. The molecule has 0 aliphatic heterocycles. The molecule has 1 atom stereocenters. The average Bonchev–Trinajstić information content (AvgIpc) is 2.92. The lowest BCUT2D eigenvalue weighted by atomic mass is 10.0. The third-order valence-electron chi connectivity index (χ3n) is 6.72. The van der Waals surface area contributed by atoms with Crippen LogP contribution in [0, 0.1) is 0 Å². The standard InChI is InChI=1S/C29H29ClF3N3O2S/c1-18(20-10-14-26(34-16-20)36-28(38)19-8-12-23(30)13-9-19)27(37)35-17-21-7-11-22(29(31,32)33)15-25(21)39-24-5-3-2-4-6-24/h7-16,18,24H,2-6,17H2,1H3,(H,35,37)(H,34,36,38). The number of hydrogen-bond donors (Lipinski definition) is 2. The lowest BCUT2D eigenvalue weighted by molar-refractivity contribution is -0.137. The summed E-state index contributed by atoms with van der Waals surface area (Å²) < 4.78 is 40.1. The Labute approximate surface area is 234 Å². The molecule has 0 spiro atoms. The Bertz CT molecular complexity index is 1290. The van der Waals surface area contributed by atoms with Gasteiger partial charge in [0.1, 0.15) is 5.82 Å². The second-order valence-electron chi connectivity index (χ2n) is 9.58. The van der Waals surface area contributed by atoms with Crippen LogP contribution < -0.4 is 10.6 Å². The summed E-state index contributed by atoms with van der Waals surface area (Å²) in [5, 5.41) is 6.37. The number of benzene rings is 2. The minimum absolute atomic E-state index is 0.124. The van der Waals surface area contributed by atoms with Gasteiger partial charge in [0, 0.05) is 33.5 Å². The van der Waals surface area contributed by atoms with Crippen LogP contribution in [0.25, 0.3) is 0 Å². The molecule has 2 N–H and O–H groups in total. The summed E-state index contributed by atoms with van der Waals surface area (Å²) in [7, 11) is 0. The first-order chi connectivity index (χ1) is 18.6. The number of nitrogens with zero attached hydrogens (tertiary/aromatic N) is 1. The van der Waals surface area contributed by atoms with E-state index in [0.29, 0.717) is 32.4 Å². The van der Waals surface area contributed by atoms with Gasteiger partial charge in [-0.15, -0.1) is 11.8 Å². The van der Waals surface area contributed by atoms with Crippen LogP contribution in [-0.2, 0) is 17.5 Å². The summed E-state index contributed by atoms with van der Waals surface area (Å²) in [5.74, 6) is -0.831. The zero-order chi connectivity index (χ0) is 28.0. The average molecular weight is 576 g/mol. The van der Waals surface area contributed by atoms with E-state index < -0.39 is 17.7 Å². The molecule has 0 bridgehead atoms. The van der Waals surface area contributed by atoms with Crippen LogP contribution in [0.15, 0.2) is 65.7 Å². The first kappa shape index (κ1) is 29.0. The smallest absolute Gasteiger partial charge is 0.351 e. The predicted molar refractivity (Wildman–Crippen MR) is 148 cm³/mol. The van der Waals surface area contributed by atoms with Crippen molar-refractivity contribution in [3.05, 3.63) is 88.1 Å². The number of thioether (sulfide) groups is 1. The highest BCUT2D eigenvalue weighted by molar-refractivity contribution is 8.00. The number of nitrogens with one attached hydrogen (secondary N) is 2. The van der Waals surface area contributed by atoms with Crippen LogP contribution in [0.4, 0.5) is 19.0 Å². The van der Waals surface area contributed by atoms with Gasteiger partial charge in [0.15, 0.2) is 0 Å². The van der Waals surface area contributed by atoms with E-state index in [9.17, 15) is 22.8 Å². The van der Waals surface area contributed by atoms with Crippen LogP contribution in [-0.4, -0.2) is 22.0 Å². The van der Waals surface area contributed by atoms with Gasteiger partial charge in [0.2, 0.25) is 5.91 Å². The van der Waals surface area contributed by atoms with Crippen molar-refractivity contribution in [3.63, 3.8) is 0 Å². The minimum atomic E-state index is -4.42. The van der Waals surface area contributed by atoms with E-state index in [1.165, 1.54) is 30.1 Å². The third kappa shape index (κ3) is 7.99. The molecule has 1 saturated carbocycles. The van der Waals surface area contributed by atoms with E-state index >= 15 is 0 Å². The Hall–Kier alpha value is -3.04. The molecule has 1 aromatic heterocycles. The Morgan fingerprint density at radius 1 is 1.05 bits per heavy atom. The fraction of sp³-hybridized carbons (Fsp3) is 0.345. The van der Waals surface area contributed by atoms with Crippen LogP contribution in [0.5, 0.6) is 0 Å². The predicted octanol–water partition coefficient (Wildman–Crippen LogP) is 7.85. The highest BCUT2D eigenvalue weighted by atomic mass is 35.5. The van der Waals surface area contributed by atoms with E-state index in [1.54, 1.807) is 43.3 Å². The molecule has 206 valence electrons. The van der Waals surface area contributed by atoms with Crippen LogP contribution >= 0.6 is 23.4 Å².